The summed E-state index contributed by atoms with van der Waals surface area (Å²) in [4.78, 5) is 7.13. The van der Waals surface area contributed by atoms with Crippen molar-refractivity contribution in [3.05, 3.63) is 48.3 Å². The SMILES string of the molecule is CCNC(=NCC(C1CC1)N(C)C)NCCc1ccc(-n2cccn2)cc1. The van der Waals surface area contributed by atoms with E-state index in [-0.39, 0.29) is 0 Å². The summed E-state index contributed by atoms with van der Waals surface area (Å²) in [5.41, 5.74) is 2.39. The number of aromatic nitrogens is 2. The average Bonchev–Trinajstić information content (AvgIpc) is 3.34. The van der Waals surface area contributed by atoms with Crippen LogP contribution >= 0.6 is 0 Å². The van der Waals surface area contributed by atoms with Crippen LogP contribution in [-0.2, 0) is 6.42 Å². The highest BCUT2D eigenvalue weighted by atomic mass is 15.3. The first kappa shape index (κ1) is 19.4. The Bertz CT molecular complexity index is 699. The molecule has 1 atom stereocenters. The molecule has 1 saturated carbocycles. The maximum atomic E-state index is 4.82. The van der Waals surface area contributed by atoms with Gasteiger partial charge in [-0.3, -0.25) is 4.99 Å². The molecule has 0 saturated heterocycles. The van der Waals surface area contributed by atoms with Crippen LogP contribution in [0.25, 0.3) is 5.69 Å². The van der Waals surface area contributed by atoms with Crippen LogP contribution in [0, 0.1) is 5.92 Å². The van der Waals surface area contributed by atoms with Crippen molar-refractivity contribution in [2.45, 2.75) is 32.2 Å². The van der Waals surface area contributed by atoms with Crippen molar-refractivity contribution in [3.63, 3.8) is 0 Å². The number of guanidine groups is 1. The zero-order chi connectivity index (χ0) is 19.1. The van der Waals surface area contributed by atoms with Gasteiger partial charge in [-0.25, -0.2) is 4.68 Å². The predicted octanol–water partition coefficient (Wildman–Crippen LogP) is 2.31. The van der Waals surface area contributed by atoms with Crippen LogP contribution in [0.4, 0.5) is 0 Å². The van der Waals surface area contributed by atoms with Gasteiger partial charge in [0.05, 0.1) is 12.2 Å². The molecule has 1 aromatic carbocycles. The van der Waals surface area contributed by atoms with E-state index < -0.39 is 0 Å². The topological polar surface area (TPSA) is 57.5 Å². The van der Waals surface area contributed by atoms with E-state index in [0.717, 1.165) is 43.6 Å². The fraction of sp³-hybridized carbons (Fsp3) is 0.524. The Balaban J connectivity index is 1.49. The maximum Gasteiger partial charge on any atom is 0.191 e. The van der Waals surface area contributed by atoms with Gasteiger partial charge in [-0.15, -0.1) is 0 Å². The minimum atomic E-state index is 0.551. The lowest BCUT2D eigenvalue weighted by atomic mass is 10.1. The van der Waals surface area contributed by atoms with E-state index in [0.29, 0.717) is 6.04 Å². The smallest absolute Gasteiger partial charge is 0.191 e. The number of hydrogen-bond acceptors (Lipinski definition) is 3. The van der Waals surface area contributed by atoms with Crippen molar-refractivity contribution in [2.24, 2.45) is 10.9 Å². The number of likely N-dealkylation sites (N-methyl/N-ethyl adjacent to an activating group) is 1. The summed E-state index contributed by atoms with van der Waals surface area (Å²) < 4.78 is 1.87. The van der Waals surface area contributed by atoms with E-state index in [9.17, 15) is 0 Å². The first-order valence-corrected chi connectivity index (χ1v) is 9.95. The number of benzene rings is 1. The molecular formula is C21H32N6. The van der Waals surface area contributed by atoms with Crippen molar-refractivity contribution in [3.8, 4) is 5.69 Å². The van der Waals surface area contributed by atoms with E-state index in [1.807, 2.05) is 16.9 Å². The molecule has 1 fully saturated rings. The molecule has 1 aromatic heterocycles. The van der Waals surface area contributed by atoms with Gasteiger partial charge in [-0.05, 0) is 70.0 Å². The fourth-order valence-corrected chi connectivity index (χ4v) is 3.30. The first-order chi connectivity index (χ1) is 13.2. The molecule has 6 heteroatoms. The van der Waals surface area contributed by atoms with Crippen LogP contribution in [-0.4, -0.2) is 60.4 Å². The molecule has 146 valence electrons. The van der Waals surface area contributed by atoms with Gasteiger partial charge in [0, 0.05) is 31.5 Å². The van der Waals surface area contributed by atoms with Crippen molar-refractivity contribution in [2.75, 3.05) is 33.7 Å². The second-order valence-corrected chi connectivity index (χ2v) is 7.38. The van der Waals surface area contributed by atoms with Crippen LogP contribution < -0.4 is 10.6 Å². The lowest BCUT2D eigenvalue weighted by Gasteiger charge is -2.23. The predicted molar refractivity (Wildman–Crippen MR) is 111 cm³/mol. The third kappa shape index (κ3) is 5.82. The summed E-state index contributed by atoms with van der Waals surface area (Å²) in [7, 11) is 4.32. The van der Waals surface area contributed by atoms with Crippen LogP contribution in [0.5, 0.6) is 0 Å². The molecule has 1 aliphatic rings. The molecule has 1 unspecified atom stereocenters. The highest BCUT2D eigenvalue weighted by Gasteiger charge is 2.32. The van der Waals surface area contributed by atoms with E-state index in [4.69, 9.17) is 4.99 Å². The van der Waals surface area contributed by atoms with Gasteiger partial charge in [0.25, 0.3) is 0 Å². The van der Waals surface area contributed by atoms with Gasteiger partial charge in [0.1, 0.15) is 0 Å². The Morgan fingerprint density at radius 2 is 2.04 bits per heavy atom. The fourth-order valence-electron chi connectivity index (χ4n) is 3.30. The first-order valence-electron chi connectivity index (χ1n) is 9.95. The van der Waals surface area contributed by atoms with Gasteiger partial charge in [0.15, 0.2) is 5.96 Å². The van der Waals surface area contributed by atoms with Crippen LogP contribution in [0.2, 0.25) is 0 Å². The Morgan fingerprint density at radius 1 is 1.26 bits per heavy atom. The molecule has 1 aliphatic carbocycles. The molecule has 2 N–H and O–H groups in total. The van der Waals surface area contributed by atoms with Crippen molar-refractivity contribution in [1.82, 2.24) is 25.3 Å². The minimum absolute atomic E-state index is 0.551. The van der Waals surface area contributed by atoms with Gasteiger partial charge < -0.3 is 15.5 Å². The van der Waals surface area contributed by atoms with E-state index in [2.05, 4.69) is 65.9 Å². The number of aliphatic imine (C=N–C) groups is 1. The highest BCUT2D eigenvalue weighted by Crippen LogP contribution is 2.34. The Hall–Kier alpha value is -2.34. The quantitative estimate of drug-likeness (QED) is 0.527. The van der Waals surface area contributed by atoms with Gasteiger partial charge in [-0.2, -0.15) is 5.10 Å². The molecular weight excluding hydrogens is 336 g/mol. The number of rotatable bonds is 9. The summed E-state index contributed by atoms with van der Waals surface area (Å²) in [5, 5.41) is 11.1. The van der Waals surface area contributed by atoms with Gasteiger partial charge in [-0.1, -0.05) is 12.1 Å². The zero-order valence-corrected chi connectivity index (χ0v) is 16.7. The van der Waals surface area contributed by atoms with E-state index >= 15 is 0 Å². The monoisotopic (exact) mass is 368 g/mol. The molecule has 2 aromatic rings. The maximum absolute atomic E-state index is 4.82. The van der Waals surface area contributed by atoms with Crippen molar-refractivity contribution >= 4 is 5.96 Å². The number of nitrogens with one attached hydrogen (secondary N) is 2. The lowest BCUT2D eigenvalue weighted by Crippen LogP contribution is -2.40. The van der Waals surface area contributed by atoms with Crippen molar-refractivity contribution < 1.29 is 0 Å². The van der Waals surface area contributed by atoms with E-state index in [1.54, 1.807) is 6.20 Å². The van der Waals surface area contributed by atoms with Crippen LogP contribution in [0.3, 0.4) is 0 Å². The molecule has 27 heavy (non-hydrogen) atoms. The van der Waals surface area contributed by atoms with Crippen LogP contribution in [0.1, 0.15) is 25.3 Å². The third-order valence-electron chi connectivity index (χ3n) is 5.02. The summed E-state index contributed by atoms with van der Waals surface area (Å²) >= 11 is 0. The summed E-state index contributed by atoms with van der Waals surface area (Å²) in [6.07, 6.45) is 7.40. The molecule has 0 aliphatic heterocycles. The molecule has 0 spiro atoms. The molecule has 3 rings (SSSR count). The Morgan fingerprint density at radius 3 is 2.63 bits per heavy atom. The molecule has 1 heterocycles. The van der Waals surface area contributed by atoms with Gasteiger partial charge in [0.2, 0.25) is 0 Å². The number of hydrogen-bond donors (Lipinski definition) is 2. The third-order valence-corrected chi connectivity index (χ3v) is 5.02. The summed E-state index contributed by atoms with van der Waals surface area (Å²) in [6, 6.07) is 11.0. The Labute approximate surface area is 162 Å². The van der Waals surface area contributed by atoms with E-state index in [1.165, 1.54) is 18.4 Å². The second kappa shape index (κ2) is 9.55. The minimum Gasteiger partial charge on any atom is -0.357 e. The van der Waals surface area contributed by atoms with Gasteiger partial charge >= 0.3 is 0 Å². The molecule has 0 bridgehead atoms. The standard InChI is InChI=1S/C21H32N6/c1-4-22-21(24-16-20(26(2)3)18-8-9-18)23-14-12-17-6-10-19(11-7-17)27-15-5-13-25-27/h5-7,10-11,13,15,18,20H,4,8-9,12,14,16H2,1-3H3,(H2,22,23,24). The van der Waals surface area contributed by atoms with Crippen LogP contribution in [0.15, 0.2) is 47.7 Å². The highest BCUT2D eigenvalue weighted by molar-refractivity contribution is 5.79. The zero-order valence-electron chi connectivity index (χ0n) is 16.7. The Kier molecular flexibility index (Phi) is 6.87. The second-order valence-electron chi connectivity index (χ2n) is 7.38. The normalized spacial score (nSPS) is 15.8. The average molecular weight is 369 g/mol. The molecule has 0 amide bonds. The molecule has 6 nitrogen and oxygen atoms in total. The summed E-state index contributed by atoms with van der Waals surface area (Å²) in [6.45, 7) is 4.70. The molecule has 0 radical (unpaired) electrons. The largest absolute Gasteiger partial charge is 0.357 e. The summed E-state index contributed by atoms with van der Waals surface area (Å²) in [5.74, 6) is 1.73. The van der Waals surface area contributed by atoms with Crippen molar-refractivity contribution in [1.29, 1.82) is 0 Å². The lowest BCUT2D eigenvalue weighted by molar-refractivity contribution is 0.271. The number of nitrogens with zero attached hydrogens (tertiary/aromatic N) is 4.